The first-order chi connectivity index (χ1) is 8.04. The molecule has 8 heteroatoms. The van der Waals surface area contributed by atoms with Gasteiger partial charge in [-0.1, -0.05) is 22.0 Å². The van der Waals surface area contributed by atoms with E-state index in [0.717, 1.165) is 15.6 Å². The van der Waals surface area contributed by atoms with Gasteiger partial charge in [0.2, 0.25) is 0 Å². The third kappa shape index (κ3) is 3.43. The number of carbonyl (C=O) groups excluding carboxylic acids is 1. The van der Waals surface area contributed by atoms with Crippen LogP contribution in [0.4, 0.5) is 4.79 Å². The number of halogens is 1. The maximum absolute atomic E-state index is 12.1. The molecule has 1 aromatic heterocycles. The Kier molecular flexibility index (Phi) is 5.41. The molecule has 0 aliphatic rings. The molecule has 1 amide bonds. The molecule has 0 saturated heterocycles. The molecule has 0 fully saturated rings. The molecule has 0 N–H and O–H groups in total. The predicted octanol–water partition coefficient (Wildman–Crippen LogP) is 2.29. The van der Waals surface area contributed by atoms with Crippen molar-refractivity contribution in [2.45, 2.75) is 11.1 Å². The van der Waals surface area contributed by atoms with Crippen molar-refractivity contribution in [2.75, 3.05) is 18.5 Å². The minimum atomic E-state index is -3.79. The highest BCUT2D eigenvalue weighted by Gasteiger charge is 2.30. The van der Waals surface area contributed by atoms with Gasteiger partial charge < -0.3 is 4.74 Å². The maximum atomic E-state index is 12.1. The van der Waals surface area contributed by atoms with Crippen LogP contribution in [-0.4, -0.2) is 37.3 Å². The molecule has 1 heterocycles. The van der Waals surface area contributed by atoms with Crippen molar-refractivity contribution < 1.29 is 17.9 Å². The van der Waals surface area contributed by atoms with Crippen LogP contribution in [-0.2, 0) is 14.8 Å². The fourth-order valence-corrected chi connectivity index (χ4v) is 4.11. The molecule has 5 nitrogen and oxygen atoms in total. The zero-order chi connectivity index (χ0) is 12.9. The van der Waals surface area contributed by atoms with E-state index in [1.807, 2.05) is 0 Å². The minimum absolute atomic E-state index is 0.0407. The van der Waals surface area contributed by atoms with Crippen LogP contribution in [0.5, 0.6) is 0 Å². The monoisotopic (exact) mass is 341 g/mol. The lowest BCUT2D eigenvalue weighted by atomic mass is 10.7. The average Bonchev–Trinajstić information content (AvgIpc) is 2.79. The summed E-state index contributed by atoms with van der Waals surface area (Å²) in [6.45, 7) is 1.80. The normalized spacial score (nSPS) is 11.2. The molecule has 17 heavy (non-hydrogen) atoms. The Labute approximate surface area is 113 Å². The lowest BCUT2D eigenvalue weighted by molar-refractivity contribution is 0.132. The summed E-state index contributed by atoms with van der Waals surface area (Å²) in [5.74, 6) is 0. The molecule has 0 aromatic carbocycles. The quantitative estimate of drug-likeness (QED) is 0.770. The molecule has 1 rings (SSSR count). The molecule has 0 bridgehead atoms. The topological polar surface area (TPSA) is 63.7 Å². The highest BCUT2D eigenvalue weighted by molar-refractivity contribution is 9.09. The molecular weight excluding hydrogens is 330 g/mol. The van der Waals surface area contributed by atoms with Gasteiger partial charge in [0.25, 0.3) is 10.0 Å². The first-order valence-electron chi connectivity index (χ1n) is 4.83. The van der Waals surface area contributed by atoms with Crippen LogP contribution in [0.1, 0.15) is 6.92 Å². The van der Waals surface area contributed by atoms with Gasteiger partial charge in [-0.2, -0.15) is 12.7 Å². The second kappa shape index (κ2) is 6.36. The van der Waals surface area contributed by atoms with Gasteiger partial charge in [-0.3, -0.25) is 0 Å². The molecule has 0 aliphatic carbocycles. The van der Waals surface area contributed by atoms with E-state index in [-0.39, 0.29) is 17.4 Å². The summed E-state index contributed by atoms with van der Waals surface area (Å²) in [6.07, 6.45) is -0.847. The fourth-order valence-electron chi connectivity index (χ4n) is 1.10. The summed E-state index contributed by atoms with van der Waals surface area (Å²) < 4.78 is 29.8. The van der Waals surface area contributed by atoms with Gasteiger partial charge in [0.05, 0.1) is 13.2 Å². The van der Waals surface area contributed by atoms with Crippen molar-refractivity contribution in [3.8, 4) is 0 Å². The van der Waals surface area contributed by atoms with E-state index in [4.69, 9.17) is 4.74 Å². The SMILES string of the molecule is CCOC(=O)N(CCBr)S(=O)(=O)c1cccs1. The van der Waals surface area contributed by atoms with Crippen LogP contribution >= 0.6 is 27.3 Å². The summed E-state index contributed by atoms with van der Waals surface area (Å²) in [5, 5.41) is 2.00. The number of amides is 1. The average molecular weight is 342 g/mol. The molecule has 0 saturated carbocycles. The fraction of sp³-hybridized carbons (Fsp3) is 0.444. The van der Waals surface area contributed by atoms with E-state index in [1.165, 1.54) is 6.07 Å². The second-order valence-corrected chi connectivity index (χ2v) is 6.73. The Morgan fingerprint density at radius 3 is 2.76 bits per heavy atom. The van der Waals surface area contributed by atoms with Crippen LogP contribution in [0.2, 0.25) is 0 Å². The number of ether oxygens (including phenoxy) is 1. The van der Waals surface area contributed by atoms with Crippen LogP contribution < -0.4 is 0 Å². The Balaban J connectivity index is 3.02. The van der Waals surface area contributed by atoms with E-state index in [9.17, 15) is 13.2 Å². The predicted molar refractivity (Wildman–Crippen MR) is 69.0 cm³/mol. The Morgan fingerprint density at radius 1 is 1.59 bits per heavy atom. The molecule has 0 aliphatic heterocycles. The summed E-state index contributed by atoms with van der Waals surface area (Å²) in [4.78, 5) is 11.6. The van der Waals surface area contributed by atoms with E-state index >= 15 is 0 Å². The van der Waals surface area contributed by atoms with E-state index < -0.39 is 16.1 Å². The number of thiophene rings is 1. The summed E-state index contributed by atoms with van der Waals surface area (Å²) >= 11 is 4.18. The zero-order valence-electron chi connectivity index (χ0n) is 9.13. The van der Waals surface area contributed by atoms with Crippen LogP contribution in [0, 0.1) is 0 Å². The molecular formula is C9H12BrNO4S2. The van der Waals surface area contributed by atoms with Crippen LogP contribution in [0.25, 0.3) is 0 Å². The first-order valence-corrected chi connectivity index (χ1v) is 8.27. The number of hydrogen-bond acceptors (Lipinski definition) is 5. The largest absolute Gasteiger partial charge is 0.449 e. The van der Waals surface area contributed by atoms with Crippen molar-refractivity contribution in [3.63, 3.8) is 0 Å². The Bertz CT molecular complexity index is 457. The minimum Gasteiger partial charge on any atom is -0.449 e. The summed E-state index contributed by atoms with van der Waals surface area (Å²) in [5.41, 5.74) is 0. The van der Waals surface area contributed by atoms with Gasteiger partial charge in [0.15, 0.2) is 0 Å². The highest BCUT2D eigenvalue weighted by Crippen LogP contribution is 2.21. The summed E-state index contributed by atoms with van der Waals surface area (Å²) in [7, 11) is -3.79. The van der Waals surface area contributed by atoms with Crippen molar-refractivity contribution >= 4 is 43.4 Å². The molecule has 0 radical (unpaired) electrons. The van der Waals surface area contributed by atoms with Crippen molar-refractivity contribution in [3.05, 3.63) is 17.5 Å². The van der Waals surface area contributed by atoms with Crippen molar-refractivity contribution in [2.24, 2.45) is 0 Å². The maximum Gasteiger partial charge on any atom is 0.423 e. The second-order valence-electron chi connectivity index (χ2n) is 2.90. The van der Waals surface area contributed by atoms with E-state index in [0.29, 0.717) is 5.33 Å². The molecule has 0 spiro atoms. The van der Waals surface area contributed by atoms with Crippen LogP contribution in [0.15, 0.2) is 21.7 Å². The van der Waals surface area contributed by atoms with Crippen molar-refractivity contribution in [1.82, 2.24) is 4.31 Å². The Morgan fingerprint density at radius 2 is 2.29 bits per heavy atom. The third-order valence-corrected chi connectivity index (χ3v) is 5.29. The number of rotatable bonds is 5. The van der Waals surface area contributed by atoms with Gasteiger partial charge in [-0.25, -0.2) is 4.79 Å². The summed E-state index contributed by atoms with van der Waals surface area (Å²) in [6, 6.07) is 3.08. The standard InChI is InChI=1S/C9H12BrNO4S2/c1-2-15-9(12)11(6-5-10)17(13,14)8-4-3-7-16-8/h3-4,7H,2,5-6H2,1H3. The van der Waals surface area contributed by atoms with Gasteiger partial charge in [-0.15, -0.1) is 11.3 Å². The number of nitrogens with zero attached hydrogens (tertiary/aromatic N) is 1. The van der Waals surface area contributed by atoms with Gasteiger partial charge in [0, 0.05) is 5.33 Å². The first kappa shape index (κ1) is 14.5. The smallest absolute Gasteiger partial charge is 0.423 e. The van der Waals surface area contributed by atoms with E-state index in [2.05, 4.69) is 15.9 Å². The van der Waals surface area contributed by atoms with Gasteiger partial charge >= 0.3 is 6.09 Å². The number of sulfonamides is 1. The lowest BCUT2D eigenvalue weighted by Gasteiger charge is -2.19. The number of carbonyl (C=O) groups is 1. The zero-order valence-corrected chi connectivity index (χ0v) is 12.3. The highest BCUT2D eigenvalue weighted by atomic mass is 79.9. The molecule has 0 unspecified atom stereocenters. The molecule has 96 valence electrons. The number of alkyl halides is 1. The lowest BCUT2D eigenvalue weighted by Crippen LogP contribution is -2.38. The van der Waals surface area contributed by atoms with Gasteiger partial charge in [0.1, 0.15) is 4.21 Å². The Hall–Kier alpha value is -0.600. The molecule has 1 aromatic rings. The van der Waals surface area contributed by atoms with Crippen LogP contribution in [0.3, 0.4) is 0 Å². The van der Waals surface area contributed by atoms with Gasteiger partial charge in [-0.05, 0) is 18.4 Å². The van der Waals surface area contributed by atoms with Crippen molar-refractivity contribution in [1.29, 1.82) is 0 Å². The van der Waals surface area contributed by atoms with E-state index in [1.54, 1.807) is 18.4 Å². The number of hydrogen-bond donors (Lipinski definition) is 0. The third-order valence-electron chi connectivity index (χ3n) is 1.80. The molecule has 0 atom stereocenters.